The molecule has 0 spiro atoms. The molecule has 0 saturated heterocycles. The van der Waals surface area contributed by atoms with Gasteiger partial charge in [0.05, 0.1) is 24.6 Å². The summed E-state index contributed by atoms with van der Waals surface area (Å²) in [5.41, 5.74) is 0. The highest BCUT2D eigenvalue weighted by Gasteiger charge is 2.34. The molecular formula is C16H41OPSi. The molecule has 120 valence electrons. The van der Waals surface area contributed by atoms with Gasteiger partial charge < -0.3 is 5.48 Å². The Morgan fingerprint density at radius 2 is 0.737 bits per heavy atom. The summed E-state index contributed by atoms with van der Waals surface area (Å²) >= 11 is 0. The van der Waals surface area contributed by atoms with Gasteiger partial charge in [0.1, 0.15) is 0 Å². The Morgan fingerprint density at radius 1 is 0.526 bits per heavy atom. The molecule has 0 saturated carbocycles. The Balaban J connectivity index is -0.00000128. The van der Waals surface area contributed by atoms with Crippen molar-refractivity contribution in [2.75, 3.05) is 24.6 Å². The second kappa shape index (κ2) is 16.7. The second-order valence-corrected chi connectivity index (χ2v) is 10.1. The van der Waals surface area contributed by atoms with Gasteiger partial charge in [-0.1, -0.05) is 53.4 Å². The molecule has 0 heterocycles. The van der Waals surface area contributed by atoms with E-state index in [0.717, 1.165) is 0 Å². The van der Waals surface area contributed by atoms with E-state index in [1.165, 1.54) is 51.4 Å². The van der Waals surface area contributed by atoms with E-state index in [-0.39, 0.29) is 16.4 Å². The summed E-state index contributed by atoms with van der Waals surface area (Å²) in [7, 11) is -0.562. The third-order valence-corrected chi connectivity index (χ3v) is 9.00. The molecular weight excluding hydrogens is 267 g/mol. The zero-order valence-corrected chi connectivity index (χ0v) is 14.3. The Kier molecular flexibility index (Phi) is 21.6. The summed E-state index contributed by atoms with van der Waals surface area (Å²) < 4.78 is 0. The van der Waals surface area contributed by atoms with E-state index in [0.29, 0.717) is 0 Å². The Labute approximate surface area is 128 Å². The molecule has 0 aliphatic heterocycles. The fourth-order valence-corrected chi connectivity index (χ4v) is 7.93. The molecule has 0 radical (unpaired) electrons. The third kappa shape index (κ3) is 12.1. The molecule has 0 aromatic heterocycles. The standard InChI is InChI=1S/C16H36P.H2O.H4Si/c1-5-9-13-17(14-10-6-2,15-11-7-3)16-12-8-4;;/h5-16H2,1-4H3;1H2;1H4/q+1;;/p-1. The lowest BCUT2D eigenvalue weighted by Gasteiger charge is -2.28. The van der Waals surface area contributed by atoms with Crippen LogP contribution in [0.4, 0.5) is 0 Å². The third-order valence-electron chi connectivity index (χ3n) is 3.94. The summed E-state index contributed by atoms with van der Waals surface area (Å²) in [6.45, 7) is 9.42. The van der Waals surface area contributed by atoms with Crippen LogP contribution in [0.15, 0.2) is 0 Å². The van der Waals surface area contributed by atoms with Crippen molar-refractivity contribution in [3.8, 4) is 0 Å². The lowest BCUT2D eigenvalue weighted by Crippen LogP contribution is -2.12. The van der Waals surface area contributed by atoms with Crippen LogP contribution in [0, 0.1) is 0 Å². The van der Waals surface area contributed by atoms with E-state index < -0.39 is 7.26 Å². The van der Waals surface area contributed by atoms with Crippen LogP contribution in [-0.2, 0) is 0 Å². The highest BCUT2D eigenvalue weighted by Crippen LogP contribution is 2.61. The lowest BCUT2D eigenvalue weighted by atomic mass is 10.4. The molecule has 1 nitrogen and oxygen atoms in total. The van der Waals surface area contributed by atoms with Gasteiger partial charge in [0.15, 0.2) is 0 Å². The number of unbranched alkanes of at least 4 members (excludes halogenated alkanes) is 4. The van der Waals surface area contributed by atoms with Gasteiger partial charge in [-0.25, -0.2) is 0 Å². The molecule has 3 heteroatoms. The highest BCUT2D eigenvalue weighted by molar-refractivity contribution is 7.75. The van der Waals surface area contributed by atoms with Gasteiger partial charge in [-0.2, -0.15) is 0 Å². The molecule has 0 aliphatic carbocycles. The van der Waals surface area contributed by atoms with E-state index in [1.807, 2.05) is 0 Å². The predicted octanol–water partition coefficient (Wildman–Crippen LogP) is 4.58. The summed E-state index contributed by atoms with van der Waals surface area (Å²) in [6, 6.07) is 0. The molecule has 0 amide bonds. The van der Waals surface area contributed by atoms with Gasteiger partial charge in [-0.3, -0.25) is 0 Å². The number of rotatable bonds is 12. The molecule has 0 atom stereocenters. The van der Waals surface area contributed by atoms with Crippen LogP contribution in [0.3, 0.4) is 0 Å². The molecule has 0 rings (SSSR count). The summed E-state index contributed by atoms with van der Waals surface area (Å²) in [5.74, 6) is 0. The van der Waals surface area contributed by atoms with Crippen molar-refractivity contribution in [3.63, 3.8) is 0 Å². The summed E-state index contributed by atoms with van der Waals surface area (Å²) in [5, 5.41) is 0. The van der Waals surface area contributed by atoms with Gasteiger partial charge in [-0.15, -0.1) is 0 Å². The van der Waals surface area contributed by atoms with Crippen molar-refractivity contribution < 1.29 is 5.48 Å². The largest absolute Gasteiger partial charge is 0.870 e. The van der Waals surface area contributed by atoms with E-state index in [4.69, 9.17) is 0 Å². The maximum Gasteiger partial charge on any atom is 0.0594 e. The monoisotopic (exact) mass is 308 g/mol. The van der Waals surface area contributed by atoms with E-state index in [1.54, 1.807) is 24.6 Å². The zero-order chi connectivity index (χ0) is 13.0. The minimum atomic E-state index is -0.562. The topological polar surface area (TPSA) is 30.0 Å². The van der Waals surface area contributed by atoms with Crippen molar-refractivity contribution in [2.24, 2.45) is 0 Å². The molecule has 0 bridgehead atoms. The Morgan fingerprint density at radius 3 is 0.895 bits per heavy atom. The van der Waals surface area contributed by atoms with Gasteiger partial charge in [0.2, 0.25) is 0 Å². The van der Waals surface area contributed by atoms with Crippen molar-refractivity contribution in [1.82, 2.24) is 0 Å². The molecule has 0 fully saturated rings. The SMILES string of the molecule is CCCC[P+](CCCC)(CCCC)CCCC.[OH-].[SiH4]. The first-order valence-electron chi connectivity index (χ1n) is 8.09. The van der Waals surface area contributed by atoms with Crippen LogP contribution in [-0.4, -0.2) is 41.1 Å². The van der Waals surface area contributed by atoms with Crippen molar-refractivity contribution in [2.45, 2.75) is 79.1 Å². The quantitative estimate of drug-likeness (QED) is 0.383. The first kappa shape index (κ1) is 24.6. The van der Waals surface area contributed by atoms with Crippen LogP contribution in [0.1, 0.15) is 79.1 Å². The van der Waals surface area contributed by atoms with Crippen molar-refractivity contribution in [3.05, 3.63) is 0 Å². The van der Waals surface area contributed by atoms with Crippen molar-refractivity contribution >= 4 is 18.2 Å². The van der Waals surface area contributed by atoms with E-state index in [9.17, 15) is 0 Å². The van der Waals surface area contributed by atoms with Gasteiger partial charge >= 0.3 is 0 Å². The average Bonchev–Trinajstić information content (AvgIpc) is 2.37. The molecule has 0 aliphatic rings. The first-order chi connectivity index (χ1) is 8.24. The molecule has 0 aromatic carbocycles. The first-order valence-corrected chi connectivity index (χ1v) is 10.6. The van der Waals surface area contributed by atoms with Gasteiger partial charge in [0, 0.05) is 7.26 Å². The van der Waals surface area contributed by atoms with E-state index in [2.05, 4.69) is 27.7 Å². The number of hydrogen-bond donors (Lipinski definition) is 0. The van der Waals surface area contributed by atoms with Crippen LogP contribution >= 0.6 is 7.26 Å². The Hall–Kier alpha value is 0.607. The smallest absolute Gasteiger partial charge is 0.0594 e. The maximum absolute atomic E-state index is 2.36. The van der Waals surface area contributed by atoms with Crippen LogP contribution in [0.5, 0.6) is 0 Å². The predicted molar refractivity (Wildman–Crippen MR) is 99.3 cm³/mol. The molecule has 0 unspecified atom stereocenters. The minimum Gasteiger partial charge on any atom is -0.870 e. The Bertz CT molecular complexity index is 127. The second-order valence-electron chi connectivity index (χ2n) is 5.65. The molecule has 1 N–H and O–H groups in total. The fourth-order valence-electron chi connectivity index (χ4n) is 2.64. The van der Waals surface area contributed by atoms with Crippen molar-refractivity contribution in [1.29, 1.82) is 0 Å². The van der Waals surface area contributed by atoms with Gasteiger partial charge in [0.25, 0.3) is 0 Å². The fraction of sp³-hybridized carbons (Fsp3) is 1.00. The normalized spacial score (nSPS) is 10.7. The van der Waals surface area contributed by atoms with Crippen LogP contribution in [0.25, 0.3) is 0 Å². The van der Waals surface area contributed by atoms with Crippen LogP contribution < -0.4 is 0 Å². The maximum atomic E-state index is 2.36. The average molecular weight is 309 g/mol. The van der Waals surface area contributed by atoms with E-state index >= 15 is 0 Å². The van der Waals surface area contributed by atoms with Gasteiger partial charge in [-0.05, 0) is 36.6 Å². The van der Waals surface area contributed by atoms with Crippen LogP contribution in [0.2, 0.25) is 0 Å². The summed E-state index contributed by atoms with van der Waals surface area (Å²) in [6.07, 6.45) is 17.9. The molecule has 0 aromatic rings. The summed E-state index contributed by atoms with van der Waals surface area (Å²) in [4.78, 5) is 0. The zero-order valence-electron chi connectivity index (χ0n) is 13.4. The highest BCUT2D eigenvalue weighted by atomic mass is 31.2. The molecule has 19 heavy (non-hydrogen) atoms. The minimum absolute atomic E-state index is 0. The lowest BCUT2D eigenvalue weighted by molar-refractivity contribution is 0.814. The number of hydrogen-bond acceptors (Lipinski definition) is 1.